The highest BCUT2D eigenvalue weighted by molar-refractivity contribution is 6.28. The Morgan fingerprint density at radius 3 is 2.65 bits per heavy atom. The minimum absolute atomic E-state index is 0.0141. The van der Waals surface area contributed by atoms with Crippen molar-refractivity contribution in [2.45, 2.75) is 52.0 Å². The predicted octanol–water partition coefficient (Wildman–Crippen LogP) is 2.72. The van der Waals surface area contributed by atoms with Crippen LogP contribution in [0.2, 0.25) is 5.28 Å². The fraction of sp³-hybridized carbons (Fsp3) is 0.524. The molecule has 3 heterocycles. The Morgan fingerprint density at radius 1 is 1.35 bits per heavy atom. The van der Waals surface area contributed by atoms with Crippen LogP contribution in [0.5, 0.6) is 0 Å². The number of carbonyl (C=O) groups excluding carboxylic acids is 2. The van der Waals surface area contributed by atoms with Gasteiger partial charge in [0.15, 0.2) is 0 Å². The van der Waals surface area contributed by atoms with E-state index in [9.17, 15) is 9.59 Å². The van der Waals surface area contributed by atoms with E-state index in [0.29, 0.717) is 11.0 Å². The second-order valence-electron chi connectivity index (χ2n) is 8.02. The molecule has 1 fully saturated rings. The van der Waals surface area contributed by atoms with Gasteiger partial charge in [0.1, 0.15) is 30.4 Å². The summed E-state index contributed by atoms with van der Waals surface area (Å²) in [5.74, 6) is 1.19. The Balaban J connectivity index is 1.97. The highest BCUT2D eigenvalue weighted by atomic mass is 35.5. The van der Waals surface area contributed by atoms with Crippen molar-refractivity contribution in [3.05, 3.63) is 17.5 Å². The summed E-state index contributed by atoms with van der Waals surface area (Å²) in [6.45, 7) is 6.59. The van der Waals surface area contributed by atoms with Crippen LogP contribution in [0, 0.1) is 24.2 Å². The molecule has 0 spiro atoms. The Bertz CT molecular complexity index is 1040. The van der Waals surface area contributed by atoms with Crippen molar-refractivity contribution in [2.24, 2.45) is 11.8 Å². The van der Waals surface area contributed by atoms with Crippen LogP contribution in [-0.4, -0.2) is 44.8 Å². The molecule has 3 atom stereocenters. The van der Waals surface area contributed by atoms with Gasteiger partial charge in [0.2, 0.25) is 10.9 Å². The number of nitrogen functional groups attached to an aromatic ring is 1. The number of fused-ring (bicyclic) bond motifs is 1. The van der Waals surface area contributed by atoms with Crippen LogP contribution >= 0.6 is 11.6 Å². The van der Waals surface area contributed by atoms with Gasteiger partial charge in [-0.2, -0.15) is 4.98 Å². The second-order valence-corrected chi connectivity index (χ2v) is 8.36. The summed E-state index contributed by atoms with van der Waals surface area (Å²) in [6.07, 6.45) is 6.24. The molecule has 31 heavy (non-hydrogen) atoms. The number of hydrogen-bond acceptors (Lipinski definition) is 8. The van der Waals surface area contributed by atoms with Gasteiger partial charge in [-0.3, -0.25) is 9.59 Å². The van der Waals surface area contributed by atoms with Gasteiger partial charge >= 0.3 is 11.9 Å². The molecule has 3 rings (SSSR count). The molecule has 1 saturated heterocycles. The normalized spacial score (nSPS) is 23.3. The molecule has 1 aliphatic heterocycles. The number of ether oxygens (including phenoxy) is 3. The Kier molecular flexibility index (Phi) is 6.43. The molecule has 1 aliphatic rings. The second kappa shape index (κ2) is 8.73. The molecule has 0 amide bonds. The zero-order valence-corrected chi connectivity index (χ0v) is 18.5. The standard InChI is InChI=1S/C21H25ClN4O5/c1-6-21(10-29-18(27)11(2)3)14(30-19(28)12(4)5)9-15(31-21)26-8-7-13-16(23)24-20(22)25-17(13)26/h1,7-8,11-12,14-15H,9-10H2,2-5H3,(H2,23,24,25)/t14-,15+,21+/m0/s1. The van der Waals surface area contributed by atoms with Crippen LogP contribution in [0.3, 0.4) is 0 Å². The van der Waals surface area contributed by atoms with Gasteiger partial charge < -0.3 is 24.5 Å². The molecular weight excluding hydrogens is 424 g/mol. The third-order valence-electron chi connectivity index (χ3n) is 5.04. The zero-order chi connectivity index (χ0) is 22.9. The van der Waals surface area contributed by atoms with Crippen LogP contribution in [0.25, 0.3) is 11.0 Å². The predicted molar refractivity (Wildman–Crippen MR) is 114 cm³/mol. The van der Waals surface area contributed by atoms with E-state index in [1.54, 1.807) is 44.5 Å². The minimum Gasteiger partial charge on any atom is -0.461 e. The van der Waals surface area contributed by atoms with E-state index in [1.807, 2.05) is 0 Å². The Morgan fingerprint density at radius 2 is 2.03 bits per heavy atom. The maximum absolute atomic E-state index is 12.3. The first-order valence-electron chi connectivity index (χ1n) is 9.90. The summed E-state index contributed by atoms with van der Waals surface area (Å²) < 4.78 is 18.9. The van der Waals surface area contributed by atoms with Gasteiger partial charge in [0.05, 0.1) is 17.2 Å². The molecular formula is C21H25ClN4O5. The van der Waals surface area contributed by atoms with Gasteiger partial charge in [0, 0.05) is 12.6 Å². The number of anilines is 1. The fourth-order valence-corrected chi connectivity index (χ4v) is 3.40. The fourth-order valence-electron chi connectivity index (χ4n) is 3.23. The Labute approximate surface area is 185 Å². The number of hydrogen-bond donors (Lipinski definition) is 1. The smallest absolute Gasteiger partial charge is 0.308 e. The summed E-state index contributed by atoms with van der Waals surface area (Å²) in [4.78, 5) is 32.6. The lowest BCUT2D eigenvalue weighted by molar-refractivity contribution is -0.170. The van der Waals surface area contributed by atoms with Crippen molar-refractivity contribution in [2.75, 3.05) is 12.3 Å². The number of rotatable bonds is 6. The SMILES string of the molecule is C#C[C@]1(COC(=O)C(C)C)O[C@@H](n2ccc3c(N)nc(Cl)nc32)C[C@@H]1OC(=O)C(C)C. The van der Waals surface area contributed by atoms with Gasteiger partial charge in [-0.1, -0.05) is 33.6 Å². The van der Waals surface area contributed by atoms with Gasteiger partial charge in [0.25, 0.3) is 0 Å². The molecule has 0 aromatic carbocycles. The van der Waals surface area contributed by atoms with Crippen molar-refractivity contribution in [1.82, 2.24) is 14.5 Å². The first-order valence-corrected chi connectivity index (χ1v) is 10.3. The summed E-state index contributed by atoms with van der Waals surface area (Å²) in [6, 6.07) is 1.73. The lowest BCUT2D eigenvalue weighted by atomic mass is 9.98. The third-order valence-corrected chi connectivity index (χ3v) is 5.21. The first-order chi connectivity index (χ1) is 14.6. The first kappa shape index (κ1) is 22.8. The molecule has 0 saturated carbocycles. The molecule has 0 bridgehead atoms. The number of nitrogens with zero attached hydrogens (tertiary/aromatic N) is 3. The molecule has 10 heteroatoms. The Hall–Kier alpha value is -2.83. The number of halogens is 1. The maximum atomic E-state index is 12.3. The van der Waals surface area contributed by atoms with Crippen molar-refractivity contribution < 1.29 is 23.8 Å². The lowest BCUT2D eigenvalue weighted by Crippen LogP contribution is -2.46. The van der Waals surface area contributed by atoms with E-state index in [4.69, 9.17) is 38.0 Å². The summed E-state index contributed by atoms with van der Waals surface area (Å²) in [7, 11) is 0. The van der Waals surface area contributed by atoms with Gasteiger partial charge in [-0.05, 0) is 17.7 Å². The van der Waals surface area contributed by atoms with Crippen molar-refractivity contribution in [3.63, 3.8) is 0 Å². The number of nitrogens with two attached hydrogens (primary N) is 1. The minimum atomic E-state index is -1.46. The van der Waals surface area contributed by atoms with Crippen LogP contribution in [0.4, 0.5) is 5.82 Å². The molecule has 0 unspecified atom stereocenters. The van der Waals surface area contributed by atoms with Crippen LogP contribution in [0.15, 0.2) is 12.3 Å². The van der Waals surface area contributed by atoms with E-state index >= 15 is 0 Å². The molecule has 2 N–H and O–H groups in total. The highest BCUT2D eigenvalue weighted by Gasteiger charge is 2.52. The highest BCUT2D eigenvalue weighted by Crippen LogP contribution is 2.41. The molecule has 2 aromatic heterocycles. The number of terminal acetylenes is 1. The third kappa shape index (κ3) is 4.45. The van der Waals surface area contributed by atoms with E-state index in [-0.39, 0.29) is 36.0 Å². The topological polar surface area (TPSA) is 119 Å². The molecule has 0 aliphatic carbocycles. The summed E-state index contributed by atoms with van der Waals surface area (Å²) in [5, 5.41) is 0.577. The molecule has 9 nitrogen and oxygen atoms in total. The summed E-state index contributed by atoms with van der Waals surface area (Å²) >= 11 is 5.97. The summed E-state index contributed by atoms with van der Waals surface area (Å²) in [5.41, 5.74) is 4.92. The van der Waals surface area contributed by atoms with Crippen molar-refractivity contribution in [1.29, 1.82) is 0 Å². The average molecular weight is 449 g/mol. The molecule has 0 radical (unpaired) electrons. The van der Waals surface area contributed by atoms with Gasteiger partial charge in [-0.15, -0.1) is 6.42 Å². The average Bonchev–Trinajstić information content (AvgIpc) is 3.28. The molecule has 166 valence electrons. The molecule has 2 aromatic rings. The van der Waals surface area contributed by atoms with Gasteiger partial charge in [-0.25, -0.2) is 4.98 Å². The van der Waals surface area contributed by atoms with Crippen molar-refractivity contribution in [3.8, 4) is 12.3 Å². The van der Waals surface area contributed by atoms with Crippen LogP contribution < -0.4 is 5.73 Å². The van der Waals surface area contributed by atoms with Crippen LogP contribution in [-0.2, 0) is 23.8 Å². The number of carbonyl (C=O) groups is 2. The largest absolute Gasteiger partial charge is 0.461 e. The lowest BCUT2D eigenvalue weighted by Gasteiger charge is -2.29. The van der Waals surface area contributed by atoms with E-state index in [0.717, 1.165) is 0 Å². The van der Waals surface area contributed by atoms with E-state index in [1.165, 1.54) is 0 Å². The monoisotopic (exact) mass is 448 g/mol. The van der Waals surface area contributed by atoms with E-state index in [2.05, 4.69) is 15.9 Å². The zero-order valence-electron chi connectivity index (χ0n) is 17.8. The van der Waals surface area contributed by atoms with Crippen LogP contribution in [0.1, 0.15) is 40.3 Å². The maximum Gasteiger partial charge on any atom is 0.308 e. The quantitative estimate of drug-likeness (QED) is 0.407. The van der Waals surface area contributed by atoms with Crippen molar-refractivity contribution >= 4 is 40.4 Å². The van der Waals surface area contributed by atoms with E-state index < -0.39 is 29.9 Å². The number of aromatic nitrogens is 3. The number of esters is 2.